The zero-order chi connectivity index (χ0) is 15.8. The van der Waals surface area contributed by atoms with E-state index >= 15 is 0 Å². The van der Waals surface area contributed by atoms with Gasteiger partial charge in [-0.05, 0) is 18.8 Å². The monoisotopic (exact) mass is 298 g/mol. The molecule has 0 rings (SSSR count). The highest BCUT2D eigenvalue weighted by Crippen LogP contribution is 2.14. The maximum absolute atomic E-state index is 9.46. The summed E-state index contributed by atoms with van der Waals surface area (Å²) in [5.74, 6) is 0.884. The van der Waals surface area contributed by atoms with Gasteiger partial charge in [-0.2, -0.15) is 0 Å². The maximum atomic E-state index is 9.46. The smallest absolute Gasteiger partial charge is 0.0537 e. The number of hydrogen-bond acceptors (Lipinski definition) is 1. The minimum absolute atomic E-state index is 0.0504. The Bertz CT molecular complexity index is 188. The van der Waals surface area contributed by atoms with Crippen LogP contribution < -0.4 is 0 Å². The molecule has 0 fully saturated rings. The third kappa shape index (κ3) is 17.9. The van der Waals surface area contributed by atoms with Gasteiger partial charge in [0.1, 0.15) is 0 Å². The molecule has 0 aromatic carbocycles. The van der Waals surface area contributed by atoms with Crippen LogP contribution in [0.4, 0.5) is 0 Å². The number of aliphatic hydroxyl groups is 1. The molecule has 0 aliphatic heterocycles. The van der Waals surface area contributed by atoms with E-state index in [1.165, 1.54) is 83.5 Å². The van der Waals surface area contributed by atoms with Crippen LogP contribution >= 0.6 is 0 Å². The fourth-order valence-corrected chi connectivity index (χ4v) is 2.90. The fourth-order valence-electron chi connectivity index (χ4n) is 2.90. The first kappa shape index (κ1) is 21.0. The van der Waals surface area contributed by atoms with E-state index < -0.39 is 0 Å². The third-order valence-electron chi connectivity index (χ3n) is 4.54. The van der Waals surface area contributed by atoms with Crippen molar-refractivity contribution in [2.45, 2.75) is 123 Å². The predicted octanol–water partition coefficient (Wildman–Crippen LogP) is 6.87. The third-order valence-corrected chi connectivity index (χ3v) is 4.54. The predicted molar refractivity (Wildman–Crippen MR) is 95.8 cm³/mol. The lowest BCUT2D eigenvalue weighted by Gasteiger charge is -2.07. The molecule has 0 amide bonds. The van der Waals surface area contributed by atoms with Crippen molar-refractivity contribution in [3.63, 3.8) is 0 Å². The minimum atomic E-state index is -0.0504. The van der Waals surface area contributed by atoms with Crippen molar-refractivity contribution in [2.24, 2.45) is 5.92 Å². The highest BCUT2D eigenvalue weighted by molar-refractivity contribution is 4.54. The van der Waals surface area contributed by atoms with E-state index in [9.17, 15) is 5.11 Å². The second-order valence-electron chi connectivity index (χ2n) is 7.28. The zero-order valence-electron chi connectivity index (χ0n) is 15.2. The van der Waals surface area contributed by atoms with Gasteiger partial charge >= 0.3 is 0 Å². The van der Waals surface area contributed by atoms with Crippen molar-refractivity contribution < 1.29 is 5.11 Å². The normalized spacial score (nSPS) is 13.0. The molecular formula is C20H42O. The Labute approximate surface area is 134 Å². The lowest BCUT2D eigenvalue weighted by Crippen LogP contribution is -2.03. The van der Waals surface area contributed by atoms with Crippen molar-refractivity contribution in [1.29, 1.82) is 0 Å². The molecule has 21 heavy (non-hydrogen) atoms. The van der Waals surface area contributed by atoms with Crippen LogP contribution in [-0.2, 0) is 0 Å². The maximum Gasteiger partial charge on any atom is 0.0537 e. The van der Waals surface area contributed by atoms with Crippen LogP contribution in [0.25, 0.3) is 0 Å². The van der Waals surface area contributed by atoms with Gasteiger partial charge in [0.25, 0.3) is 0 Å². The summed E-state index contributed by atoms with van der Waals surface area (Å²) in [6.07, 6.45) is 20.1. The Kier molecular flexibility index (Phi) is 16.3. The van der Waals surface area contributed by atoms with Crippen molar-refractivity contribution in [2.75, 3.05) is 0 Å². The molecule has 128 valence electrons. The van der Waals surface area contributed by atoms with E-state index in [0.717, 1.165) is 18.8 Å². The van der Waals surface area contributed by atoms with Gasteiger partial charge in [-0.1, -0.05) is 104 Å². The van der Waals surface area contributed by atoms with Crippen LogP contribution in [0.3, 0.4) is 0 Å². The second-order valence-corrected chi connectivity index (χ2v) is 7.28. The Morgan fingerprint density at radius 2 is 0.905 bits per heavy atom. The molecule has 1 heteroatoms. The molecule has 0 radical (unpaired) electrons. The fraction of sp³-hybridized carbons (Fsp3) is 1.00. The van der Waals surface area contributed by atoms with Crippen LogP contribution in [-0.4, -0.2) is 11.2 Å². The largest absolute Gasteiger partial charge is 0.393 e. The van der Waals surface area contributed by atoms with E-state index in [4.69, 9.17) is 0 Å². The van der Waals surface area contributed by atoms with E-state index in [1.54, 1.807) is 0 Å². The van der Waals surface area contributed by atoms with Crippen molar-refractivity contribution in [3.8, 4) is 0 Å². The molecule has 0 aromatic rings. The molecule has 0 aromatic heterocycles. The average molecular weight is 299 g/mol. The highest BCUT2D eigenvalue weighted by atomic mass is 16.3. The summed E-state index contributed by atoms with van der Waals surface area (Å²) < 4.78 is 0. The molecule has 0 bridgehead atoms. The summed E-state index contributed by atoms with van der Waals surface area (Å²) in [4.78, 5) is 0. The molecule has 0 spiro atoms. The number of aliphatic hydroxyl groups excluding tert-OH is 1. The van der Waals surface area contributed by atoms with E-state index in [-0.39, 0.29) is 6.10 Å². The zero-order valence-corrected chi connectivity index (χ0v) is 15.2. The summed E-state index contributed by atoms with van der Waals surface area (Å²) in [5.41, 5.74) is 0. The molecule has 0 aliphatic rings. The molecular weight excluding hydrogens is 256 g/mol. The average Bonchev–Trinajstić information content (AvgIpc) is 2.46. The molecule has 0 saturated carbocycles. The van der Waals surface area contributed by atoms with Crippen LogP contribution in [0.1, 0.15) is 117 Å². The number of rotatable bonds is 16. The van der Waals surface area contributed by atoms with Gasteiger partial charge in [0.15, 0.2) is 0 Å². The van der Waals surface area contributed by atoms with Gasteiger partial charge in [0, 0.05) is 0 Å². The first-order valence-electron chi connectivity index (χ1n) is 9.84. The highest BCUT2D eigenvalue weighted by Gasteiger charge is 1.99. The van der Waals surface area contributed by atoms with Crippen LogP contribution in [0.5, 0.6) is 0 Å². The first-order chi connectivity index (χ1) is 10.2. The topological polar surface area (TPSA) is 20.2 Å². The molecule has 0 aliphatic carbocycles. The molecule has 1 unspecified atom stereocenters. The summed E-state index contributed by atoms with van der Waals surface area (Å²) in [6.45, 7) is 6.72. The van der Waals surface area contributed by atoms with Gasteiger partial charge in [-0.15, -0.1) is 0 Å². The second kappa shape index (κ2) is 16.3. The Hall–Kier alpha value is -0.0400. The Morgan fingerprint density at radius 3 is 1.24 bits per heavy atom. The Balaban J connectivity index is 2.99. The quantitative estimate of drug-likeness (QED) is 0.308. The minimum Gasteiger partial charge on any atom is -0.393 e. The summed E-state index contributed by atoms with van der Waals surface area (Å²) in [5, 5.41) is 9.46. The van der Waals surface area contributed by atoms with Gasteiger partial charge in [-0.3, -0.25) is 0 Å². The standard InChI is InChI=1S/C20H42O/c1-4-20(21)18-16-14-12-10-8-6-5-7-9-11-13-15-17-19(2)3/h19-21H,4-18H2,1-3H3. The first-order valence-corrected chi connectivity index (χ1v) is 9.84. The molecule has 1 nitrogen and oxygen atoms in total. The van der Waals surface area contributed by atoms with E-state index in [0.29, 0.717) is 0 Å². The lowest BCUT2D eigenvalue weighted by atomic mass is 10.0. The van der Waals surface area contributed by atoms with Crippen molar-refractivity contribution in [3.05, 3.63) is 0 Å². The molecule has 1 atom stereocenters. The van der Waals surface area contributed by atoms with Gasteiger partial charge in [0.05, 0.1) is 6.10 Å². The van der Waals surface area contributed by atoms with E-state index in [1.807, 2.05) is 0 Å². The van der Waals surface area contributed by atoms with Crippen LogP contribution in [0, 0.1) is 5.92 Å². The SMILES string of the molecule is CCC(O)CCCCCCCCCCCCCCC(C)C. The summed E-state index contributed by atoms with van der Waals surface area (Å²) in [7, 11) is 0. The van der Waals surface area contributed by atoms with Gasteiger partial charge in [0.2, 0.25) is 0 Å². The summed E-state index contributed by atoms with van der Waals surface area (Å²) >= 11 is 0. The number of hydrogen-bond donors (Lipinski definition) is 1. The van der Waals surface area contributed by atoms with Gasteiger partial charge < -0.3 is 5.11 Å². The van der Waals surface area contributed by atoms with Crippen LogP contribution in [0.2, 0.25) is 0 Å². The molecule has 0 saturated heterocycles. The van der Waals surface area contributed by atoms with Crippen molar-refractivity contribution in [1.82, 2.24) is 0 Å². The molecule has 0 heterocycles. The number of unbranched alkanes of at least 4 members (excludes halogenated alkanes) is 11. The summed E-state index contributed by atoms with van der Waals surface area (Å²) in [6, 6.07) is 0. The van der Waals surface area contributed by atoms with Crippen molar-refractivity contribution >= 4 is 0 Å². The van der Waals surface area contributed by atoms with E-state index in [2.05, 4.69) is 20.8 Å². The molecule has 1 N–H and O–H groups in total. The van der Waals surface area contributed by atoms with Gasteiger partial charge in [-0.25, -0.2) is 0 Å². The lowest BCUT2D eigenvalue weighted by molar-refractivity contribution is 0.156. The Morgan fingerprint density at radius 1 is 0.571 bits per heavy atom. The van der Waals surface area contributed by atoms with Crippen LogP contribution in [0.15, 0.2) is 0 Å².